The normalized spacial score (nSPS) is 26.1. The van der Waals surface area contributed by atoms with E-state index in [1.165, 1.54) is 25.8 Å². The molecule has 0 aromatic heterocycles. The molecule has 0 aliphatic carbocycles. The van der Waals surface area contributed by atoms with Crippen molar-refractivity contribution in [2.24, 2.45) is 0 Å². The molecule has 0 atom stereocenters. The molecule has 11 heavy (non-hydrogen) atoms. The molecular formula is C10H17N. The van der Waals surface area contributed by atoms with E-state index < -0.39 is 0 Å². The number of allylic oxidation sites excluding steroid dienone is 3. The Morgan fingerprint density at radius 3 is 2.91 bits per heavy atom. The molecule has 0 aromatic carbocycles. The SMILES string of the molecule is CN1/C=C\C/C=C\CCCC1. The summed E-state index contributed by atoms with van der Waals surface area (Å²) in [5.74, 6) is 0. The van der Waals surface area contributed by atoms with Gasteiger partial charge in [0.25, 0.3) is 0 Å². The van der Waals surface area contributed by atoms with Gasteiger partial charge in [-0.3, -0.25) is 0 Å². The van der Waals surface area contributed by atoms with Crippen molar-refractivity contribution in [1.82, 2.24) is 4.90 Å². The first kappa shape index (κ1) is 8.38. The first-order valence-electron chi connectivity index (χ1n) is 4.41. The summed E-state index contributed by atoms with van der Waals surface area (Å²) >= 11 is 0. The lowest BCUT2D eigenvalue weighted by Crippen LogP contribution is -2.11. The van der Waals surface area contributed by atoms with Crippen molar-refractivity contribution >= 4 is 0 Å². The fraction of sp³-hybridized carbons (Fsp3) is 0.600. The summed E-state index contributed by atoms with van der Waals surface area (Å²) in [5.41, 5.74) is 0. The maximum Gasteiger partial charge on any atom is 0.0169 e. The van der Waals surface area contributed by atoms with E-state index in [1.54, 1.807) is 0 Å². The molecule has 1 heterocycles. The standard InChI is InChI=1S/C10H17N/c1-11-9-7-5-3-2-4-6-8-10-11/h2-3,7,9H,4-6,8,10H2,1H3/b3-2-,9-7-. The second-order valence-corrected chi connectivity index (χ2v) is 3.07. The van der Waals surface area contributed by atoms with Crippen LogP contribution < -0.4 is 0 Å². The van der Waals surface area contributed by atoms with Gasteiger partial charge in [-0.25, -0.2) is 0 Å². The maximum atomic E-state index is 2.29. The van der Waals surface area contributed by atoms with Crippen molar-refractivity contribution in [3.8, 4) is 0 Å². The van der Waals surface area contributed by atoms with Crippen LogP contribution in [0.1, 0.15) is 25.7 Å². The van der Waals surface area contributed by atoms with E-state index in [9.17, 15) is 0 Å². The molecule has 62 valence electrons. The molecule has 0 saturated heterocycles. The van der Waals surface area contributed by atoms with Crippen LogP contribution in [0.25, 0.3) is 0 Å². The van der Waals surface area contributed by atoms with Crippen LogP contribution in [0.2, 0.25) is 0 Å². The first-order valence-corrected chi connectivity index (χ1v) is 4.41. The van der Waals surface area contributed by atoms with E-state index in [0.29, 0.717) is 0 Å². The van der Waals surface area contributed by atoms with Gasteiger partial charge in [-0.2, -0.15) is 0 Å². The van der Waals surface area contributed by atoms with E-state index in [2.05, 4.69) is 36.4 Å². The molecule has 0 saturated carbocycles. The van der Waals surface area contributed by atoms with Crippen molar-refractivity contribution in [3.05, 3.63) is 24.4 Å². The Morgan fingerprint density at radius 1 is 1.09 bits per heavy atom. The highest BCUT2D eigenvalue weighted by Crippen LogP contribution is 2.02. The molecule has 0 amide bonds. The second kappa shape index (κ2) is 5.00. The summed E-state index contributed by atoms with van der Waals surface area (Å²) in [6.45, 7) is 1.20. The predicted octanol–water partition coefficient (Wildman–Crippen LogP) is 2.56. The summed E-state index contributed by atoms with van der Waals surface area (Å²) in [6, 6.07) is 0. The van der Waals surface area contributed by atoms with Crippen molar-refractivity contribution in [3.63, 3.8) is 0 Å². The summed E-state index contributed by atoms with van der Waals surface area (Å²) in [7, 11) is 2.14. The number of hydrogen-bond acceptors (Lipinski definition) is 1. The first-order chi connectivity index (χ1) is 5.39. The number of rotatable bonds is 0. The maximum absolute atomic E-state index is 2.29. The largest absolute Gasteiger partial charge is 0.381 e. The molecule has 1 aliphatic heterocycles. The molecule has 0 bridgehead atoms. The van der Waals surface area contributed by atoms with Gasteiger partial charge >= 0.3 is 0 Å². The Labute approximate surface area is 69.4 Å². The molecule has 0 unspecified atom stereocenters. The third-order valence-electron chi connectivity index (χ3n) is 1.93. The van der Waals surface area contributed by atoms with Crippen LogP contribution in [0.4, 0.5) is 0 Å². The predicted molar refractivity (Wildman–Crippen MR) is 49.4 cm³/mol. The Balaban J connectivity index is 2.36. The lowest BCUT2D eigenvalue weighted by molar-refractivity contribution is 0.435. The molecule has 0 spiro atoms. The average Bonchev–Trinajstić information content (AvgIpc) is 2.03. The summed E-state index contributed by atoms with van der Waals surface area (Å²) in [6.07, 6.45) is 13.9. The van der Waals surface area contributed by atoms with Crippen molar-refractivity contribution in [1.29, 1.82) is 0 Å². The van der Waals surface area contributed by atoms with Gasteiger partial charge < -0.3 is 4.90 Å². The fourth-order valence-electron chi connectivity index (χ4n) is 1.23. The monoisotopic (exact) mass is 151 g/mol. The van der Waals surface area contributed by atoms with Crippen LogP contribution in [0.5, 0.6) is 0 Å². The van der Waals surface area contributed by atoms with Gasteiger partial charge in [0.15, 0.2) is 0 Å². The Kier molecular flexibility index (Phi) is 3.81. The Hall–Kier alpha value is -0.720. The van der Waals surface area contributed by atoms with Crippen LogP contribution in [-0.4, -0.2) is 18.5 Å². The third-order valence-corrected chi connectivity index (χ3v) is 1.93. The second-order valence-electron chi connectivity index (χ2n) is 3.07. The van der Waals surface area contributed by atoms with Gasteiger partial charge in [0.05, 0.1) is 0 Å². The molecule has 1 nitrogen and oxygen atoms in total. The van der Waals surface area contributed by atoms with Gasteiger partial charge in [0, 0.05) is 13.6 Å². The zero-order valence-corrected chi connectivity index (χ0v) is 7.29. The van der Waals surface area contributed by atoms with Gasteiger partial charge in [0.1, 0.15) is 0 Å². The highest BCUT2D eigenvalue weighted by atomic mass is 15.1. The molecule has 1 rings (SSSR count). The van der Waals surface area contributed by atoms with Crippen LogP contribution in [0.15, 0.2) is 24.4 Å². The van der Waals surface area contributed by atoms with Crippen molar-refractivity contribution < 1.29 is 0 Å². The van der Waals surface area contributed by atoms with E-state index in [1.807, 2.05) is 0 Å². The zero-order valence-electron chi connectivity index (χ0n) is 7.29. The fourth-order valence-corrected chi connectivity index (χ4v) is 1.23. The van der Waals surface area contributed by atoms with E-state index >= 15 is 0 Å². The molecular weight excluding hydrogens is 134 g/mol. The molecule has 1 aliphatic rings. The topological polar surface area (TPSA) is 3.24 Å². The van der Waals surface area contributed by atoms with E-state index in [0.717, 1.165) is 6.42 Å². The zero-order chi connectivity index (χ0) is 7.94. The van der Waals surface area contributed by atoms with Crippen LogP contribution in [0, 0.1) is 0 Å². The number of hydrogen-bond donors (Lipinski definition) is 0. The summed E-state index contributed by atoms with van der Waals surface area (Å²) in [5, 5.41) is 0. The average molecular weight is 151 g/mol. The third kappa shape index (κ3) is 3.87. The summed E-state index contributed by atoms with van der Waals surface area (Å²) < 4.78 is 0. The van der Waals surface area contributed by atoms with E-state index in [-0.39, 0.29) is 0 Å². The molecule has 0 radical (unpaired) electrons. The van der Waals surface area contributed by atoms with Gasteiger partial charge in [0.2, 0.25) is 0 Å². The van der Waals surface area contributed by atoms with Gasteiger partial charge in [-0.15, -0.1) is 0 Å². The highest BCUT2D eigenvalue weighted by molar-refractivity contribution is 4.93. The van der Waals surface area contributed by atoms with Crippen LogP contribution in [0.3, 0.4) is 0 Å². The molecule has 0 fully saturated rings. The lowest BCUT2D eigenvalue weighted by Gasteiger charge is -2.13. The Bertz CT molecular complexity index is 147. The molecule has 1 heteroatoms. The minimum atomic E-state index is 1.09. The van der Waals surface area contributed by atoms with Crippen LogP contribution >= 0.6 is 0 Å². The van der Waals surface area contributed by atoms with Gasteiger partial charge in [-0.1, -0.05) is 18.2 Å². The van der Waals surface area contributed by atoms with Crippen molar-refractivity contribution in [2.75, 3.05) is 13.6 Å². The summed E-state index contributed by atoms with van der Waals surface area (Å²) in [4.78, 5) is 2.26. The minimum absolute atomic E-state index is 1.09. The van der Waals surface area contributed by atoms with Crippen LogP contribution in [-0.2, 0) is 0 Å². The molecule has 0 N–H and O–H groups in total. The molecule has 0 aromatic rings. The minimum Gasteiger partial charge on any atom is -0.381 e. The number of nitrogens with zero attached hydrogens (tertiary/aromatic N) is 1. The smallest absolute Gasteiger partial charge is 0.0169 e. The Morgan fingerprint density at radius 2 is 2.00 bits per heavy atom. The van der Waals surface area contributed by atoms with E-state index in [4.69, 9.17) is 0 Å². The highest BCUT2D eigenvalue weighted by Gasteiger charge is 1.91. The lowest BCUT2D eigenvalue weighted by atomic mass is 10.2. The van der Waals surface area contributed by atoms with Gasteiger partial charge in [-0.05, 0) is 31.9 Å². The quantitative estimate of drug-likeness (QED) is 0.481. The van der Waals surface area contributed by atoms with Crippen molar-refractivity contribution in [2.45, 2.75) is 25.7 Å².